The van der Waals surface area contributed by atoms with Gasteiger partial charge in [-0.2, -0.15) is 0 Å². The van der Waals surface area contributed by atoms with Gasteiger partial charge in [0.15, 0.2) is 5.78 Å². The summed E-state index contributed by atoms with van der Waals surface area (Å²) in [5, 5.41) is 22.7. The first-order valence-electron chi connectivity index (χ1n) is 22.8. The lowest BCUT2D eigenvalue weighted by atomic mass is 9.35. The van der Waals surface area contributed by atoms with Crippen molar-refractivity contribution in [3.05, 3.63) is 70.8 Å². The Labute approximate surface area is 341 Å². The zero-order chi connectivity index (χ0) is 40.3. The van der Waals surface area contributed by atoms with Gasteiger partial charge in [0.1, 0.15) is 17.6 Å². The lowest BCUT2D eigenvalue weighted by Crippen LogP contribution is -2.63. The fourth-order valence-electron chi connectivity index (χ4n) is 15.8. The minimum absolute atomic E-state index is 0.0554. The number of hydrogen-bond donors (Lipinski definition) is 3. The Morgan fingerprint density at radius 2 is 1.58 bits per heavy atom. The summed E-state index contributed by atoms with van der Waals surface area (Å²) in [4.78, 5) is 29.2. The molecule has 5 saturated carbocycles. The van der Waals surface area contributed by atoms with E-state index in [4.69, 9.17) is 10.5 Å². The molecule has 6 aliphatic carbocycles. The maximum atomic E-state index is 14.9. The van der Waals surface area contributed by atoms with Crippen LogP contribution >= 0.6 is 0 Å². The van der Waals surface area contributed by atoms with Crippen molar-refractivity contribution in [1.29, 1.82) is 0 Å². The number of hydrogen-bond acceptors (Lipinski definition) is 6. The Balaban J connectivity index is 1.02. The molecule has 0 aromatic heterocycles. The Morgan fingerprint density at radius 3 is 2.32 bits per heavy atom. The molecule has 6 fully saturated rings. The number of epoxide rings is 1. The summed E-state index contributed by atoms with van der Waals surface area (Å²) in [6, 6.07) is 15.7. The van der Waals surface area contributed by atoms with E-state index in [1.54, 1.807) is 12.1 Å². The number of Topliss-reactive ketones (excluding diaryl/α,β-unsaturated/α-hetero) is 2. The van der Waals surface area contributed by atoms with Crippen LogP contribution in [-0.2, 0) is 14.3 Å². The summed E-state index contributed by atoms with van der Waals surface area (Å²) in [5.41, 5.74) is 10.5. The molecule has 0 radical (unpaired) electrons. The van der Waals surface area contributed by atoms with Gasteiger partial charge in [-0.25, -0.2) is 0 Å². The van der Waals surface area contributed by atoms with E-state index < -0.39 is 11.5 Å². The molecule has 0 amide bonds. The quantitative estimate of drug-likeness (QED) is 0.182. The van der Waals surface area contributed by atoms with Crippen LogP contribution in [0, 0.1) is 51.2 Å². The highest BCUT2D eigenvalue weighted by atomic mass is 16.6. The highest BCUT2D eigenvalue weighted by molar-refractivity contribution is 6.01. The van der Waals surface area contributed by atoms with E-state index in [0.29, 0.717) is 48.1 Å². The number of ketones is 2. The van der Waals surface area contributed by atoms with Gasteiger partial charge in [0.05, 0.1) is 11.7 Å². The van der Waals surface area contributed by atoms with Crippen molar-refractivity contribution in [2.24, 2.45) is 51.2 Å². The Morgan fingerprint density at radius 1 is 0.842 bits per heavy atom. The van der Waals surface area contributed by atoms with Crippen LogP contribution < -0.4 is 5.73 Å². The van der Waals surface area contributed by atoms with Gasteiger partial charge in [-0.3, -0.25) is 9.59 Å². The average molecular weight is 776 g/mol. The molecule has 9 rings (SSSR count). The van der Waals surface area contributed by atoms with Crippen LogP contribution in [0.25, 0.3) is 0 Å². The van der Waals surface area contributed by atoms with Crippen LogP contribution in [0.2, 0.25) is 0 Å². The number of nitrogen functional groups attached to an aromatic ring is 1. The fraction of sp³-hybridized carbons (Fsp3) is 0.686. The van der Waals surface area contributed by atoms with Crippen molar-refractivity contribution in [1.82, 2.24) is 0 Å². The summed E-state index contributed by atoms with van der Waals surface area (Å²) >= 11 is 0. The zero-order valence-corrected chi connectivity index (χ0v) is 35.6. The van der Waals surface area contributed by atoms with Gasteiger partial charge in [0.25, 0.3) is 0 Å². The molecule has 1 aliphatic heterocycles. The van der Waals surface area contributed by atoms with Crippen molar-refractivity contribution in [3.8, 4) is 5.75 Å². The van der Waals surface area contributed by atoms with E-state index in [1.165, 1.54) is 30.4 Å². The standard InChI is InChI=1S/C51H69NO5/c1-47(2)42-23-24-49(4)43(48(42,3)28-37(45(47)56)32-16-11-18-34(53)26-32)22-21-39-44(41(55)29-50(39,49)5)36(30-13-8-7-9-14-30)27-40(54)46-51(6,57-46)38-20-12-19-35(38)31-15-10-17-33(52)25-31/h10-11,15-18,25-26,30,35-38,40,42-43,46,53-54H,7-9,12-14,19-24,27-29,52H2,1-6H3/t35-,36+,37-,38+,40-,42+,43-,46-,48-,49+,50+,51-/m1/s1. The number of anilines is 1. The maximum absolute atomic E-state index is 14.9. The largest absolute Gasteiger partial charge is 0.508 e. The van der Waals surface area contributed by atoms with Gasteiger partial charge in [-0.05, 0) is 158 Å². The van der Waals surface area contributed by atoms with Gasteiger partial charge < -0.3 is 20.7 Å². The summed E-state index contributed by atoms with van der Waals surface area (Å²) < 4.78 is 6.64. The van der Waals surface area contributed by atoms with E-state index in [1.807, 2.05) is 18.2 Å². The Hall–Kier alpha value is -2.96. The van der Waals surface area contributed by atoms with Crippen LogP contribution in [-0.4, -0.2) is 39.6 Å². The number of aliphatic hydroxyl groups excluding tert-OH is 1. The molecule has 57 heavy (non-hydrogen) atoms. The number of aliphatic hydroxyl groups is 1. The number of carbonyl (C=O) groups is 2. The summed E-state index contributed by atoms with van der Waals surface area (Å²) in [6.07, 6.45) is 14.3. The SMILES string of the molecule is CC1(C)C(=O)[C@@H](c2cccc(O)c2)C[C@@]2(C)[C@H]3CCC4=C([C@@H](C[C@@H](O)[C@H]5O[C@]5(C)[C@H]5CCC[C@@H]5c5cccc(N)c5)C5CCCCC5)C(=O)C[C@]4(C)[C@@]3(C)CC[C@@H]12. The topological polar surface area (TPSA) is 113 Å². The molecular formula is C51H69NO5. The molecule has 2 aromatic rings. The molecule has 6 nitrogen and oxygen atoms in total. The Kier molecular flexibility index (Phi) is 9.56. The van der Waals surface area contributed by atoms with Crippen molar-refractivity contribution in [2.45, 2.75) is 167 Å². The maximum Gasteiger partial charge on any atom is 0.160 e. The molecule has 6 heteroatoms. The molecule has 4 N–H and O–H groups in total. The van der Waals surface area contributed by atoms with Crippen molar-refractivity contribution in [2.75, 3.05) is 5.73 Å². The zero-order valence-electron chi connectivity index (χ0n) is 35.6. The molecular weight excluding hydrogens is 707 g/mol. The van der Waals surface area contributed by atoms with E-state index >= 15 is 0 Å². The average Bonchev–Trinajstić information content (AvgIpc) is 3.48. The molecule has 7 aliphatic rings. The fourth-order valence-corrected chi connectivity index (χ4v) is 15.8. The first-order valence-corrected chi connectivity index (χ1v) is 22.8. The van der Waals surface area contributed by atoms with Gasteiger partial charge in [0.2, 0.25) is 0 Å². The third kappa shape index (κ3) is 5.98. The second-order valence-electron chi connectivity index (χ2n) is 21.7. The van der Waals surface area contributed by atoms with Gasteiger partial charge in [-0.1, -0.05) is 90.1 Å². The molecule has 1 saturated heterocycles. The molecule has 12 atom stereocenters. The van der Waals surface area contributed by atoms with Crippen LogP contribution in [0.4, 0.5) is 5.69 Å². The summed E-state index contributed by atoms with van der Waals surface area (Å²) in [6.45, 7) is 14.0. The summed E-state index contributed by atoms with van der Waals surface area (Å²) in [5.74, 6) is 2.42. The normalized spacial score (nSPS) is 41.3. The van der Waals surface area contributed by atoms with Crippen molar-refractivity contribution >= 4 is 17.3 Å². The van der Waals surface area contributed by atoms with Crippen LogP contribution in [0.15, 0.2) is 59.7 Å². The predicted octanol–water partition coefficient (Wildman–Crippen LogP) is 10.9. The third-order valence-corrected chi connectivity index (χ3v) is 18.7. The molecule has 2 aromatic carbocycles. The van der Waals surface area contributed by atoms with E-state index in [2.05, 4.69) is 59.7 Å². The number of phenolic OH excluding ortho intramolecular Hbond substituents is 1. The number of ether oxygens (including phenoxy) is 1. The van der Waals surface area contributed by atoms with Gasteiger partial charge in [-0.15, -0.1) is 0 Å². The minimum atomic E-state index is -0.616. The molecule has 0 spiro atoms. The predicted molar refractivity (Wildman–Crippen MR) is 226 cm³/mol. The molecule has 0 unspecified atom stereocenters. The number of carbonyl (C=O) groups excluding carboxylic acids is 2. The van der Waals surface area contributed by atoms with Crippen molar-refractivity contribution in [3.63, 3.8) is 0 Å². The first kappa shape index (κ1) is 39.5. The highest BCUT2D eigenvalue weighted by Gasteiger charge is 2.69. The number of nitrogens with two attached hydrogens (primary N) is 1. The van der Waals surface area contributed by atoms with Crippen LogP contribution in [0.3, 0.4) is 0 Å². The van der Waals surface area contributed by atoms with E-state index in [9.17, 15) is 19.8 Å². The second-order valence-corrected chi connectivity index (χ2v) is 21.7. The second kappa shape index (κ2) is 13.8. The molecule has 308 valence electrons. The number of phenols is 1. The van der Waals surface area contributed by atoms with Crippen LogP contribution in [0.1, 0.15) is 161 Å². The van der Waals surface area contributed by atoms with Gasteiger partial charge in [0, 0.05) is 28.9 Å². The molecule has 0 bridgehead atoms. The first-order chi connectivity index (χ1) is 27.0. The highest BCUT2D eigenvalue weighted by Crippen LogP contribution is 2.75. The lowest BCUT2D eigenvalue weighted by Gasteiger charge is -2.68. The third-order valence-electron chi connectivity index (χ3n) is 18.7. The van der Waals surface area contributed by atoms with Crippen LogP contribution in [0.5, 0.6) is 5.75 Å². The molecule has 1 heterocycles. The number of benzene rings is 2. The van der Waals surface area contributed by atoms with E-state index in [-0.39, 0.29) is 51.5 Å². The Bertz CT molecular complexity index is 1960. The van der Waals surface area contributed by atoms with E-state index in [0.717, 1.165) is 81.0 Å². The number of rotatable bonds is 8. The van der Waals surface area contributed by atoms with Gasteiger partial charge >= 0.3 is 0 Å². The number of aromatic hydroxyl groups is 1. The lowest BCUT2D eigenvalue weighted by molar-refractivity contribution is -0.183. The number of fused-ring (bicyclic) bond motifs is 5. The van der Waals surface area contributed by atoms with Crippen molar-refractivity contribution < 1.29 is 24.5 Å². The monoisotopic (exact) mass is 776 g/mol. The smallest absolute Gasteiger partial charge is 0.160 e. The number of allylic oxidation sites excluding steroid dienone is 2. The summed E-state index contributed by atoms with van der Waals surface area (Å²) in [7, 11) is 0. The minimum Gasteiger partial charge on any atom is -0.508 e.